The van der Waals surface area contributed by atoms with Crippen LogP contribution in [0.3, 0.4) is 0 Å². The molecule has 0 heterocycles. The Hall–Kier alpha value is -2.04. The molecule has 3 N–H and O–H groups in total. The molecule has 0 aliphatic rings. The van der Waals surface area contributed by atoms with Gasteiger partial charge in [0.05, 0.1) is 5.56 Å². The van der Waals surface area contributed by atoms with Crippen molar-refractivity contribution in [2.45, 2.75) is 27.2 Å². The number of carboxylic acids is 1. The number of hydrogen-bond donors (Lipinski definition) is 3. The molecule has 1 aromatic rings. The second kappa shape index (κ2) is 7.53. The van der Waals surface area contributed by atoms with E-state index in [-0.39, 0.29) is 11.5 Å². The van der Waals surface area contributed by atoms with E-state index in [2.05, 4.69) is 10.6 Å². The molecule has 0 radical (unpaired) electrons. The van der Waals surface area contributed by atoms with Gasteiger partial charge in [-0.25, -0.2) is 4.79 Å². The molecule has 1 amide bonds. The van der Waals surface area contributed by atoms with E-state index in [0.29, 0.717) is 25.4 Å². The number of hydrogen-bond acceptors (Lipinski definition) is 3. The standard InChI is InChI=1S/C15H22N2O3/c1-10(2)9-17-14(18)6-7-16-13-5-4-12(15(19)20)8-11(13)3/h4-5,8,10,16H,6-7,9H2,1-3H3,(H,17,18)(H,19,20). The smallest absolute Gasteiger partial charge is 0.335 e. The summed E-state index contributed by atoms with van der Waals surface area (Å²) in [6.45, 7) is 7.15. The molecule has 5 heteroatoms. The molecule has 0 aliphatic carbocycles. The summed E-state index contributed by atoms with van der Waals surface area (Å²) in [5.41, 5.74) is 1.97. The minimum Gasteiger partial charge on any atom is -0.478 e. The molecule has 0 saturated carbocycles. The van der Waals surface area contributed by atoms with Crippen molar-refractivity contribution >= 4 is 17.6 Å². The van der Waals surface area contributed by atoms with Crippen LogP contribution in [0.25, 0.3) is 0 Å². The number of anilines is 1. The average molecular weight is 278 g/mol. The quantitative estimate of drug-likeness (QED) is 0.715. The summed E-state index contributed by atoms with van der Waals surface area (Å²) in [6, 6.07) is 4.89. The molecule has 0 atom stereocenters. The van der Waals surface area contributed by atoms with Crippen molar-refractivity contribution in [1.29, 1.82) is 0 Å². The minimum absolute atomic E-state index is 0.0195. The highest BCUT2D eigenvalue weighted by Gasteiger charge is 2.06. The zero-order valence-electron chi connectivity index (χ0n) is 12.2. The summed E-state index contributed by atoms with van der Waals surface area (Å²) in [5.74, 6) is -0.476. The fourth-order valence-corrected chi connectivity index (χ4v) is 1.71. The van der Waals surface area contributed by atoms with Crippen molar-refractivity contribution in [3.63, 3.8) is 0 Å². The Labute approximate surface area is 119 Å². The summed E-state index contributed by atoms with van der Waals surface area (Å²) in [4.78, 5) is 22.4. The molecule has 0 bridgehead atoms. The van der Waals surface area contributed by atoms with Gasteiger partial charge in [-0.3, -0.25) is 4.79 Å². The summed E-state index contributed by atoms with van der Waals surface area (Å²) in [7, 11) is 0. The van der Waals surface area contributed by atoms with Crippen LogP contribution in [-0.2, 0) is 4.79 Å². The number of nitrogens with one attached hydrogen (secondary N) is 2. The highest BCUT2D eigenvalue weighted by Crippen LogP contribution is 2.16. The van der Waals surface area contributed by atoms with E-state index >= 15 is 0 Å². The Morgan fingerprint density at radius 2 is 2.00 bits per heavy atom. The van der Waals surface area contributed by atoms with Gasteiger partial charge < -0.3 is 15.7 Å². The van der Waals surface area contributed by atoms with E-state index < -0.39 is 5.97 Å². The fraction of sp³-hybridized carbons (Fsp3) is 0.467. The Morgan fingerprint density at radius 3 is 2.55 bits per heavy atom. The van der Waals surface area contributed by atoms with Crippen LogP contribution in [-0.4, -0.2) is 30.1 Å². The molecule has 0 saturated heterocycles. The number of carbonyl (C=O) groups excluding carboxylic acids is 1. The van der Waals surface area contributed by atoms with Gasteiger partial charge in [-0.2, -0.15) is 0 Å². The van der Waals surface area contributed by atoms with Gasteiger partial charge in [-0.15, -0.1) is 0 Å². The lowest BCUT2D eigenvalue weighted by Gasteiger charge is -2.11. The lowest BCUT2D eigenvalue weighted by molar-refractivity contribution is -0.120. The van der Waals surface area contributed by atoms with Crippen molar-refractivity contribution in [2.24, 2.45) is 5.92 Å². The third-order valence-electron chi connectivity index (χ3n) is 2.85. The summed E-state index contributed by atoms with van der Waals surface area (Å²) in [5, 5.41) is 14.9. The first kappa shape index (κ1) is 16.0. The monoisotopic (exact) mass is 278 g/mol. The maximum atomic E-state index is 11.5. The maximum Gasteiger partial charge on any atom is 0.335 e. The Kier molecular flexibility index (Phi) is 6.03. The third kappa shape index (κ3) is 5.30. The van der Waals surface area contributed by atoms with Crippen LogP contribution in [0, 0.1) is 12.8 Å². The summed E-state index contributed by atoms with van der Waals surface area (Å²) in [6.07, 6.45) is 0.396. The van der Waals surface area contributed by atoms with Gasteiger partial charge >= 0.3 is 5.97 Å². The predicted molar refractivity (Wildman–Crippen MR) is 79.1 cm³/mol. The molecule has 0 aromatic heterocycles. The maximum absolute atomic E-state index is 11.5. The highest BCUT2D eigenvalue weighted by atomic mass is 16.4. The largest absolute Gasteiger partial charge is 0.478 e. The first-order valence-corrected chi connectivity index (χ1v) is 6.74. The van der Waals surface area contributed by atoms with E-state index in [0.717, 1.165) is 11.3 Å². The lowest BCUT2D eigenvalue weighted by Crippen LogP contribution is -2.28. The number of benzene rings is 1. The van der Waals surface area contributed by atoms with Crippen LogP contribution in [0.4, 0.5) is 5.69 Å². The number of amides is 1. The molecule has 0 spiro atoms. The highest BCUT2D eigenvalue weighted by molar-refractivity contribution is 5.88. The Morgan fingerprint density at radius 1 is 1.30 bits per heavy atom. The van der Waals surface area contributed by atoms with Gasteiger partial charge in [-0.1, -0.05) is 13.8 Å². The second-order valence-corrected chi connectivity index (χ2v) is 5.21. The molecular formula is C15H22N2O3. The molecule has 0 aliphatic heterocycles. The molecule has 110 valence electrons. The van der Waals surface area contributed by atoms with E-state index in [9.17, 15) is 9.59 Å². The average Bonchev–Trinajstić information content (AvgIpc) is 2.38. The number of carbonyl (C=O) groups is 2. The molecule has 5 nitrogen and oxygen atoms in total. The van der Waals surface area contributed by atoms with Gasteiger partial charge in [0.25, 0.3) is 0 Å². The predicted octanol–water partition coefficient (Wildman–Crippen LogP) is 2.27. The number of rotatable bonds is 7. The SMILES string of the molecule is Cc1cc(C(=O)O)ccc1NCCC(=O)NCC(C)C. The number of aromatic carboxylic acids is 1. The molecule has 1 aromatic carbocycles. The van der Waals surface area contributed by atoms with E-state index in [1.807, 2.05) is 20.8 Å². The lowest BCUT2D eigenvalue weighted by atomic mass is 10.1. The topological polar surface area (TPSA) is 78.4 Å². The molecule has 0 fully saturated rings. The number of aryl methyl sites for hydroxylation is 1. The fourth-order valence-electron chi connectivity index (χ4n) is 1.71. The van der Waals surface area contributed by atoms with E-state index in [4.69, 9.17) is 5.11 Å². The molecule has 1 rings (SSSR count). The van der Waals surface area contributed by atoms with E-state index in [1.165, 1.54) is 0 Å². The first-order chi connectivity index (χ1) is 9.40. The van der Waals surface area contributed by atoms with Crippen molar-refractivity contribution in [2.75, 3.05) is 18.4 Å². The van der Waals surface area contributed by atoms with Crippen molar-refractivity contribution in [3.05, 3.63) is 29.3 Å². The van der Waals surface area contributed by atoms with Gasteiger partial charge in [0, 0.05) is 25.2 Å². The third-order valence-corrected chi connectivity index (χ3v) is 2.85. The van der Waals surface area contributed by atoms with Gasteiger partial charge in [0.15, 0.2) is 0 Å². The minimum atomic E-state index is -0.937. The summed E-state index contributed by atoms with van der Waals surface area (Å²) < 4.78 is 0. The van der Waals surface area contributed by atoms with Crippen molar-refractivity contribution in [1.82, 2.24) is 5.32 Å². The Bertz CT molecular complexity index is 484. The van der Waals surface area contributed by atoms with Crippen LogP contribution in [0.5, 0.6) is 0 Å². The normalized spacial score (nSPS) is 10.4. The zero-order chi connectivity index (χ0) is 15.1. The molecular weight excluding hydrogens is 256 g/mol. The van der Waals surface area contributed by atoms with Gasteiger partial charge in [0.2, 0.25) is 5.91 Å². The van der Waals surface area contributed by atoms with Crippen LogP contribution >= 0.6 is 0 Å². The van der Waals surface area contributed by atoms with Crippen LogP contribution in [0.1, 0.15) is 36.2 Å². The Balaban J connectivity index is 2.42. The second-order valence-electron chi connectivity index (χ2n) is 5.21. The molecule has 20 heavy (non-hydrogen) atoms. The zero-order valence-corrected chi connectivity index (χ0v) is 12.2. The van der Waals surface area contributed by atoms with Crippen LogP contribution in [0.2, 0.25) is 0 Å². The van der Waals surface area contributed by atoms with Crippen LogP contribution in [0.15, 0.2) is 18.2 Å². The van der Waals surface area contributed by atoms with Crippen LogP contribution < -0.4 is 10.6 Å². The van der Waals surface area contributed by atoms with Gasteiger partial charge in [0.1, 0.15) is 0 Å². The first-order valence-electron chi connectivity index (χ1n) is 6.74. The van der Waals surface area contributed by atoms with Gasteiger partial charge in [-0.05, 0) is 36.6 Å². The number of carboxylic acid groups (broad SMARTS) is 1. The molecule has 0 unspecified atom stereocenters. The van der Waals surface area contributed by atoms with Crippen molar-refractivity contribution in [3.8, 4) is 0 Å². The van der Waals surface area contributed by atoms with E-state index in [1.54, 1.807) is 18.2 Å². The van der Waals surface area contributed by atoms with Crippen molar-refractivity contribution < 1.29 is 14.7 Å². The summed E-state index contributed by atoms with van der Waals surface area (Å²) >= 11 is 0.